The van der Waals surface area contributed by atoms with Gasteiger partial charge in [-0.15, -0.1) is 0 Å². The molecule has 0 bridgehead atoms. The van der Waals surface area contributed by atoms with E-state index in [1.165, 1.54) is 0 Å². The maximum absolute atomic E-state index is 13.2. The normalized spacial score (nSPS) is 22.2. The van der Waals surface area contributed by atoms with E-state index < -0.39 is 15.1 Å². The van der Waals surface area contributed by atoms with Crippen molar-refractivity contribution in [2.45, 2.75) is 22.6 Å². The summed E-state index contributed by atoms with van der Waals surface area (Å²) >= 11 is 0. The second-order valence-corrected chi connectivity index (χ2v) is 9.68. The molecule has 0 saturated carbocycles. The van der Waals surface area contributed by atoms with E-state index in [9.17, 15) is 8.42 Å². The first-order valence-corrected chi connectivity index (χ1v) is 11.1. The molecule has 6 nitrogen and oxygen atoms in total. The summed E-state index contributed by atoms with van der Waals surface area (Å²) in [6.07, 6.45) is 5.20. The van der Waals surface area contributed by atoms with Crippen molar-refractivity contribution in [2.24, 2.45) is 0 Å². The minimum absolute atomic E-state index is 0.0144. The average Bonchev–Trinajstić information content (AvgIpc) is 3.26. The highest BCUT2D eigenvalue weighted by molar-refractivity contribution is 7.92. The quantitative estimate of drug-likeness (QED) is 0.662. The van der Waals surface area contributed by atoms with Crippen LogP contribution in [0, 0.1) is 0 Å². The summed E-state index contributed by atoms with van der Waals surface area (Å²) in [4.78, 5) is 11.0. The molecule has 0 amide bonds. The zero-order chi connectivity index (χ0) is 20.0. The number of hydrogen-bond acceptors (Lipinski definition) is 6. The summed E-state index contributed by atoms with van der Waals surface area (Å²) in [6.45, 7) is 1.85. The SMILES string of the molecule is COc1ncccc1CN1CC2c3cc(-c4ccncc4)ccc3S(=O)(=O)C2C1. The van der Waals surface area contributed by atoms with Gasteiger partial charge >= 0.3 is 0 Å². The molecule has 3 aromatic rings. The van der Waals surface area contributed by atoms with Crippen molar-refractivity contribution < 1.29 is 13.2 Å². The van der Waals surface area contributed by atoms with Gasteiger partial charge in [-0.05, 0) is 47.0 Å². The lowest BCUT2D eigenvalue weighted by atomic mass is 9.95. The molecule has 1 aromatic carbocycles. The van der Waals surface area contributed by atoms with Crippen molar-refractivity contribution in [2.75, 3.05) is 20.2 Å². The Bertz CT molecular complexity index is 1160. The van der Waals surface area contributed by atoms with Crippen LogP contribution in [0.3, 0.4) is 0 Å². The molecule has 0 N–H and O–H groups in total. The smallest absolute Gasteiger partial charge is 0.217 e. The first-order valence-electron chi connectivity index (χ1n) is 9.56. The van der Waals surface area contributed by atoms with Crippen LogP contribution in [0.1, 0.15) is 17.0 Å². The highest BCUT2D eigenvalue weighted by Crippen LogP contribution is 2.46. The van der Waals surface area contributed by atoms with Crippen LogP contribution in [-0.2, 0) is 16.4 Å². The third kappa shape index (κ3) is 3.01. The van der Waals surface area contributed by atoms with E-state index >= 15 is 0 Å². The molecule has 4 heterocycles. The number of sulfone groups is 1. The average molecular weight is 407 g/mol. The number of hydrogen-bond donors (Lipinski definition) is 0. The molecule has 1 fully saturated rings. The molecule has 1 saturated heterocycles. The Balaban J connectivity index is 1.47. The number of likely N-dealkylation sites (tertiary alicyclic amines) is 1. The van der Waals surface area contributed by atoms with E-state index in [-0.39, 0.29) is 5.92 Å². The molecule has 0 spiro atoms. The molecular formula is C22H21N3O3S. The number of nitrogens with zero attached hydrogens (tertiary/aromatic N) is 3. The monoisotopic (exact) mass is 407 g/mol. The van der Waals surface area contributed by atoms with E-state index in [4.69, 9.17) is 4.74 Å². The van der Waals surface area contributed by atoms with E-state index in [0.29, 0.717) is 30.4 Å². The van der Waals surface area contributed by atoms with Gasteiger partial charge in [-0.25, -0.2) is 13.4 Å². The Hall–Kier alpha value is -2.77. The first-order chi connectivity index (χ1) is 14.1. The Labute approximate surface area is 170 Å². The lowest BCUT2D eigenvalue weighted by molar-refractivity contribution is 0.313. The number of benzene rings is 1. The molecule has 2 aliphatic rings. The van der Waals surface area contributed by atoms with Gasteiger partial charge in [0.15, 0.2) is 9.84 Å². The molecule has 2 atom stereocenters. The number of fused-ring (bicyclic) bond motifs is 3. The van der Waals surface area contributed by atoms with Gasteiger partial charge in [0.1, 0.15) is 0 Å². The lowest BCUT2D eigenvalue weighted by Gasteiger charge is -2.18. The zero-order valence-electron chi connectivity index (χ0n) is 16.0. The van der Waals surface area contributed by atoms with Gasteiger partial charge in [0, 0.05) is 49.7 Å². The summed E-state index contributed by atoms with van der Waals surface area (Å²) in [5, 5.41) is -0.396. The predicted molar refractivity (Wildman–Crippen MR) is 109 cm³/mol. The standard InChI is InChI=1S/C22H21N3O3S/c1-28-22-17(3-2-8-24-22)12-25-13-19-18-11-16(15-6-9-23-10-7-15)4-5-20(18)29(26,27)21(19)14-25/h2-11,19,21H,12-14H2,1H3. The molecule has 148 valence electrons. The van der Waals surface area contributed by atoms with Crippen molar-refractivity contribution in [3.63, 3.8) is 0 Å². The van der Waals surface area contributed by atoms with Gasteiger partial charge in [0.25, 0.3) is 0 Å². The van der Waals surface area contributed by atoms with Gasteiger partial charge in [-0.1, -0.05) is 12.1 Å². The zero-order valence-corrected chi connectivity index (χ0v) is 16.8. The first kappa shape index (κ1) is 18.3. The lowest BCUT2D eigenvalue weighted by Crippen LogP contribution is -2.26. The molecule has 2 unspecified atom stereocenters. The summed E-state index contributed by atoms with van der Waals surface area (Å²) in [6, 6.07) is 13.4. The largest absolute Gasteiger partial charge is 0.481 e. The van der Waals surface area contributed by atoms with E-state index in [1.54, 1.807) is 31.8 Å². The number of aromatic nitrogens is 2. The number of pyridine rings is 2. The van der Waals surface area contributed by atoms with Gasteiger partial charge in [0.2, 0.25) is 5.88 Å². The number of rotatable bonds is 4. The fourth-order valence-electron chi connectivity index (χ4n) is 4.55. The summed E-state index contributed by atoms with van der Waals surface area (Å²) in [5.41, 5.74) is 3.97. The summed E-state index contributed by atoms with van der Waals surface area (Å²) in [5.74, 6) is 0.576. The van der Waals surface area contributed by atoms with Gasteiger partial charge in [-0.2, -0.15) is 0 Å². The second-order valence-electron chi connectivity index (χ2n) is 7.54. The van der Waals surface area contributed by atoms with Crippen molar-refractivity contribution in [1.82, 2.24) is 14.9 Å². The third-order valence-corrected chi connectivity index (χ3v) is 8.17. The predicted octanol–water partition coefficient (Wildman–Crippen LogP) is 2.91. The van der Waals surface area contributed by atoms with Crippen LogP contribution in [0.25, 0.3) is 11.1 Å². The maximum atomic E-state index is 13.2. The fraction of sp³-hybridized carbons (Fsp3) is 0.273. The Morgan fingerprint density at radius 1 is 1.07 bits per heavy atom. The van der Waals surface area contributed by atoms with E-state index in [2.05, 4.69) is 14.9 Å². The van der Waals surface area contributed by atoms with Crippen molar-refractivity contribution in [1.29, 1.82) is 0 Å². The van der Waals surface area contributed by atoms with E-state index in [0.717, 1.165) is 22.3 Å². The molecule has 7 heteroatoms. The van der Waals surface area contributed by atoms with Crippen LogP contribution in [0.15, 0.2) is 66.0 Å². The van der Waals surface area contributed by atoms with Crippen LogP contribution in [0.4, 0.5) is 0 Å². The van der Waals surface area contributed by atoms with Crippen LogP contribution >= 0.6 is 0 Å². The van der Waals surface area contributed by atoms with Crippen LogP contribution in [0.2, 0.25) is 0 Å². The van der Waals surface area contributed by atoms with E-state index in [1.807, 2.05) is 36.4 Å². The van der Waals surface area contributed by atoms with Crippen molar-refractivity contribution in [3.8, 4) is 17.0 Å². The number of ether oxygens (including phenoxy) is 1. The maximum Gasteiger partial charge on any atom is 0.217 e. The summed E-state index contributed by atoms with van der Waals surface area (Å²) < 4.78 is 31.7. The molecule has 0 aliphatic carbocycles. The molecule has 0 radical (unpaired) electrons. The number of methoxy groups -OCH3 is 1. The highest BCUT2D eigenvalue weighted by Gasteiger charge is 2.50. The van der Waals surface area contributed by atoms with Gasteiger partial charge < -0.3 is 4.74 Å². The van der Waals surface area contributed by atoms with Gasteiger partial charge in [0.05, 0.1) is 17.3 Å². The Kier molecular flexibility index (Phi) is 4.37. The van der Waals surface area contributed by atoms with Crippen LogP contribution in [-0.4, -0.2) is 48.7 Å². The third-order valence-electron chi connectivity index (χ3n) is 5.91. The molecule has 2 aliphatic heterocycles. The Morgan fingerprint density at radius 2 is 1.90 bits per heavy atom. The van der Waals surface area contributed by atoms with Crippen LogP contribution < -0.4 is 4.74 Å². The molecule has 5 rings (SSSR count). The minimum Gasteiger partial charge on any atom is -0.481 e. The molecule has 29 heavy (non-hydrogen) atoms. The molecular weight excluding hydrogens is 386 g/mol. The Morgan fingerprint density at radius 3 is 2.69 bits per heavy atom. The fourth-order valence-corrected chi connectivity index (χ4v) is 6.74. The molecule has 2 aromatic heterocycles. The van der Waals surface area contributed by atoms with Crippen molar-refractivity contribution >= 4 is 9.84 Å². The minimum atomic E-state index is -3.32. The second kappa shape index (κ2) is 6.93. The van der Waals surface area contributed by atoms with Gasteiger partial charge in [-0.3, -0.25) is 9.88 Å². The van der Waals surface area contributed by atoms with Crippen LogP contribution in [0.5, 0.6) is 5.88 Å². The topological polar surface area (TPSA) is 72.4 Å². The highest BCUT2D eigenvalue weighted by atomic mass is 32.2. The summed E-state index contributed by atoms with van der Waals surface area (Å²) in [7, 11) is -1.72. The van der Waals surface area contributed by atoms with Crippen molar-refractivity contribution in [3.05, 3.63) is 72.2 Å².